The molecule has 1 aromatic carbocycles. The van der Waals surface area contributed by atoms with Gasteiger partial charge in [-0.15, -0.1) is 0 Å². The highest BCUT2D eigenvalue weighted by Crippen LogP contribution is 2.42. The lowest BCUT2D eigenvalue weighted by Gasteiger charge is -2.49. The van der Waals surface area contributed by atoms with Crippen LogP contribution in [0, 0.1) is 12.3 Å². The van der Waals surface area contributed by atoms with Gasteiger partial charge < -0.3 is 15.7 Å². The third-order valence-electron chi connectivity index (χ3n) is 4.11. The van der Waals surface area contributed by atoms with Crippen molar-refractivity contribution in [2.24, 2.45) is 5.41 Å². The highest BCUT2D eigenvalue weighted by Gasteiger charge is 2.47. The summed E-state index contributed by atoms with van der Waals surface area (Å²) in [5.41, 5.74) is 2.72. The monoisotopic (exact) mass is 262 g/mol. The highest BCUT2D eigenvalue weighted by atomic mass is 16.3. The molecule has 4 nitrogen and oxygen atoms in total. The summed E-state index contributed by atoms with van der Waals surface area (Å²) in [6.07, 6.45) is 0.515. The predicted molar refractivity (Wildman–Crippen MR) is 77.3 cm³/mol. The molecule has 2 rings (SSSR count). The predicted octanol–water partition coefficient (Wildman–Crippen LogP) is 2.52. The molecule has 1 aliphatic carbocycles. The van der Waals surface area contributed by atoms with E-state index in [2.05, 4.69) is 24.5 Å². The van der Waals surface area contributed by atoms with Crippen LogP contribution >= 0.6 is 0 Å². The van der Waals surface area contributed by atoms with Crippen LogP contribution in [0.15, 0.2) is 18.2 Å². The van der Waals surface area contributed by atoms with E-state index in [1.807, 2.05) is 25.1 Å². The minimum atomic E-state index is -0.245. The fourth-order valence-electron chi connectivity index (χ4n) is 2.38. The Bertz CT molecular complexity index is 497. The van der Waals surface area contributed by atoms with Gasteiger partial charge >= 0.3 is 0 Å². The van der Waals surface area contributed by atoms with E-state index in [-0.39, 0.29) is 23.5 Å². The van der Waals surface area contributed by atoms with Crippen molar-refractivity contribution < 1.29 is 9.90 Å². The van der Waals surface area contributed by atoms with Crippen molar-refractivity contribution in [3.8, 4) is 0 Å². The van der Waals surface area contributed by atoms with Gasteiger partial charge in [-0.3, -0.25) is 4.79 Å². The van der Waals surface area contributed by atoms with Gasteiger partial charge in [0.1, 0.15) is 0 Å². The Balaban J connectivity index is 2.12. The van der Waals surface area contributed by atoms with Crippen LogP contribution in [0.4, 0.5) is 11.4 Å². The number of hydrogen-bond acceptors (Lipinski definition) is 3. The van der Waals surface area contributed by atoms with Crippen molar-refractivity contribution in [3.05, 3.63) is 23.8 Å². The molecule has 1 saturated carbocycles. The van der Waals surface area contributed by atoms with Crippen LogP contribution in [0.1, 0.15) is 32.8 Å². The van der Waals surface area contributed by atoms with Crippen LogP contribution in [0.3, 0.4) is 0 Å². The molecule has 1 aliphatic rings. The van der Waals surface area contributed by atoms with Gasteiger partial charge in [-0.05, 0) is 31.0 Å². The summed E-state index contributed by atoms with van der Waals surface area (Å²) in [5.74, 6) is -0.0698. The fraction of sp³-hybridized carbons (Fsp3) is 0.533. The molecule has 2 atom stereocenters. The van der Waals surface area contributed by atoms with E-state index in [0.717, 1.165) is 23.4 Å². The minimum absolute atomic E-state index is 0.0698. The molecular weight excluding hydrogens is 240 g/mol. The normalized spacial score (nSPS) is 24.5. The molecule has 1 aromatic rings. The number of carbonyl (C=O) groups excluding carboxylic acids is 1. The third-order valence-corrected chi connectivity index (χ3v) is 4.11. The molecule has 0 radical (unpaired) electrons. The van der Waals surface area contributed by atoms with Crippen molar-refractivity contribution in [1.29, 1.82) is 0 Å². The summed E-state index contributed by atoms with van der Waals surface area (Å²) in [6.45, 7) is 7.58. The topological polar surface area (TPSA) is 61.4 Å². The Morgan fingerprint density at radius 1 is 1.42 bits per heavy atom. The molecule has 0 aliphatic heterocycles. The lowest BCUT2D eigenvalue weighted by molar-refractivity contribution is -0.114. The number of aliphatic hydroxyl groups is 1. The van der Waals surface area contributed by atoms with Crippen LogP contribution in [0.2, 0.25) is 0 Å². The lowest BCUT2D eigenvalue weighted by atomic mass is 9.64. The summed E-state index contributed by atoms with van der Waals surface area (Å²) >= 11 is 0. The molecule has 0 aromatic heterocycles. The summed E-state index contributed by atoms with van der Waals surface area (Å²) in [6, 6.07) is 6.18. The number of benzene rings is 1. The second kappa shape index (κ2) is 4.85. The Kier molecular flexibility index (Phi) is 3.54. The van der Waals surface area contributed by atoms with Gasteiger partial charge in [0.2, 0.25) is 5.91 Å². The zero-order valence-electron chi connectivity index (χ0n) is 11.9. The number of anilines is 2. The molecule has 1 fully saturated rings. The Morgan fingerprint density at radius 3 is 2.63 bits per heavy atom. The fourth-order valence-corrected chi connectivity index (χ4v) is 2.38. The molecule has 1 amide bonds. The van der Waals surface area contributed by atoms with Gasteiger partial charge in [0.25, 0.3) is 0 Å². The van der Waals surface area contributed by atoms with Crippen molar-refractivity contribution >= 4 is 17.3 Å². The highest BCUT2D eigenvalue weighted by molar-refractivity contribution is 5.90. The molecule has 0 spiro atoms. The molecule has 0 heterocycles. The first-order valence-corrected chi connectivity index (χ1v) is 6.63. The SMILES string of the molecule is CC(=O)Nc1cc(NC2CC(O)C2(C)C)ccc1C. The van der Waals surface area contributed by atoms with Crippen LogP contribution < -0.4 is 10.6 Å². The van der Waals surface area contributed by atoms with Gasteiger partial charge in [0.05, 0.1) is 6.10 Å². The molecular formula is C15H22N2O2. The van der Waals surface area contributed by atoms with Crippen LogP contribution in [-0.2, 0) is 4.79 Å². The zero-order chi connectivity index (χ0) is 14.2. The molecule has 104 valence electrons. The smallest absolute Gasteiger partial charge is 0.221 e. The van der Waals surface area contributed by atoms with Crippen molar-refractivity contribution in [1.82, 2.24) is 0 Å². The average Bonchev–Trinajstić information content (AvgIpc) is 2.32. The van der Waals surface area contributed by atoms with Crippen LogP contribution in [-0.4, -0.2) is 23.2 Å². The summed E-state index contributed by atoms with van der Waals surface area (Å²) in [5, 5.41) is 16.0. The first kappa shape index (κ1) is 13.9. The maximum absolute atomic E-state index is 11.1. The molecule has 3 N–H and O–H groups in total. The largest absolute Gasteiger partial charge is 0.392 e. The lowest BCUT2D eigenvalue weighted by Crippen LogP contribution is -2.56. The number of rotatable bonds is 3. The molecule has 2 unspecified atom stereocenters. The number of amides is 1. The van der Waals surface area contributed by atoms with Crippen molar-refractivity contribution in [2.45, 2.75) is 46.3 Å². The molecule has 4 heteroatoms. The third kappa shape index (κ3) is 2.73. The van der Waals surface area contributed by atoms with E-state index in [1.165, 1.54) is 6.92 Å². The molecule has 0 bridgehead atoms. The second-order valence-corrected chi connectivity index (χ2v) is 5.98. The first-order chi connectivity index (χ1) is 8.80. The van der Waals surface area contributed by atoms with Crippen molar-refractivity contribution in [2.75, 3.05) is 10.6 Å². The Labute approximate surface area is 114 Å². The maximum atomic E-state index is 11.1. The summed E-state index contributed by atoms with van der Waals surface area (Å²) < 4.78 is 0. The zero-order valence-corrected chi connectivity index (χ0v) is 11.9. The second-order valence-electron chi connectivity index (χ2n) is 5.98. The number of aliphatic hydroxyl groups excluding tert-OH is 1. The van der Waals surface area contributed by atoms with E-state index in [0.29, 0.717) is 0 Å². The van der Waals surface area contributed by atoms with Crippen molar-refractivity contribution in [3.63, 3.8) is 0 Å². The Morgan fingerprint density at radius 2 is 2.11 bits per heavy atom. The number of carbonyl (C=O) groups is 1. The van der Waals surface area contributed by atoms with Gasteiger partial charge in [0.15, 0.2) is 0 Å². The van der Waals surface area contributed by atoms with Gasteiger partial charge in [-0.25, -0.2) is 0 Å². The van der Waals surface area contributed by atoms with E-state index >= 15 is 0 Å². The number of hydrogen-bond donors (Lipinski definition) is 3. The van der Waals surface area contributed by atoms with E-state index in [1.54, 1.807) is 0 Å². The van der Waals surface area contributed by atoms with E-state index in [9.17, 15) is 9.90 Å². The number of nitrogens with one attached hydrogen (secondary N) is 2. The standard InChI is InChI=1S/C15H22N2O2/c1-9-5-6-11(7-12(9)16-10(2)18)17-13-8-14(19)15(13,3)4/h5-7,13-14,17,19H,8H2,1-4H3,(H,16,18). The molecule has 19 heavy (non-hydrogen) atoms. The van der Waals surface area contributed by atoms with Crippen LogP contribution in [0.25, 0.3) is 0 Å². The Hall–Kier alpha value is -1.55. The van der Waals surface area contributed by atoms with Gasteiger partial charge in [-0.2, -0.15) is 0 Å². The van der Waals surface area contributed by atoms with Gasteiger partial charge in [0, 0.05) is 29.8 Å². The minimum Gasteiger partial charge on any atom is -0.392 e. The van der Waals surface area contributed by atoms with E-state index < -0.39 is 0 Å². The summed E-state index contributed by atoms with van der Waals surface area (Å²) in [7, 11) is 0. The quantitative estimate of drug-likeness (QED) is 0.784. The maximum Gasteiger partial charge on any atom is 0.221 e. The van der Waals surface area contributed by atoms with Crippen LogP contribution in [0.5, 0.6) is 0 Å². The van der Waals surface area contributed by atoms with Gasteiger partial charge in [-0.1, -0.05) is 19.9 Å². The molecule has 0 saturated heterocycles. The summed E-state index contributed by atoms with van der Waals surface area (Å²) in [4.78, 5) is 11.1. The van der Waals surface area contributed by atoms with E-state index in [4.69, 9.17) is 0 Å². The average molecular weight is 262 g/mol. The number of aryl methyl sites for hydroxylation is 1. The first-order valence-electron chi connectivity index (χ1n) is 6.63.